The molecule has 1 fully saturated rings. The van der Waals surface area contributed by atoms with E-state index in [4.69, 9.17) is 5.73 Å². The van der Waals surface area contributed by atoms with Gasteiger partial charge in [-0.3, -0.25) is 9.80 Å². The van der Waals surface area contributed by atoms with Gasteiger partial charge in [-0.1, -0.05) is 0 Å². The highest BCUT2D eigenvalue weighted by atomic mass is 79.9. The minimum atomic E-state index is 0.371. The maximum atomic E-state index is 6.06. The van der Waals surface area contributed by atoms with Gasteiger partial charge in [0.25, 0.3) is 0 Å². The molecule has 0 aromatic carbocycles. The lowest BCUT2D eigenvalue weighted by Gasteiger charge is -2.39. The molecule has 1 aliphatic rings. The van der Waals surface area contributed by atoms with Crippen LogP contribution in [-0.4, -0.2) is 74.6 Å². The molecule has 0 aliphatic carbocycles. The van der Waals surface area contributed by atoms with Crippen LogP contribution in [0.2, 0.25) is 0 Å². The van der Waals surface area contributed by atoms with E-state index in [1.165, 1.54) is 14.2 Å². The Morgan fingerprint density at radius 3 is 2.48 bits per heavy atom. The summed E-state index contributed by atoms with van der Waals surface area (Å²) in [5.41, 5.74) is 6.06. The van der Waals surface area contributed by atoms with E-state index in [-0.39, 0.29) is 0 Å². The van der Waals surface area contributed by atoms with Crippen LogP contribution in [0.5, 0.6) is 0 Å². The van der Waals surface area contributed by atoms with Crippen LogP contribution >= 0.6 is 27.3 Å². The quantitative estimate of drug-likeness (QED) is 0.825. The van der Waals surface area contributed by atoms with Gasteiger partial charge in [0.1, 0.15) is 0 Å². The lowest BCUT2D eigenvalue weighted by molar-refractivity contribution is 0.0952. The third kappa shape index (κ3) is 4.74. The van der Waals surface area contributed by atoms with Crippen molar-refractivity contribution in [2.75, 3.05) is 59.9 Å². The molecule has 1 atom stereocenters. The number of thiophene rings is 1. The highest BCUT2D eigenvalue weighted by Crippen LogP contribution is 2.33. The molecule has 0 bridgehead atoms. The second-order valence-electron chi connectivity index (χ2n) is 5.99. The Hall–Kier alpha value is 0.0200. The number of halogens is 1. The summed E-state index contributed by atoms with van der Waals surface area (Å²) in [4.78, 5) is 10.1. The fourth-order valence-electron chi connectivity index (χ4n) is 2.73. The zero-order chi connectivity index (χ0) is 15.4. The lowest BCUT2D eigenvalue weighted by Crippen LogP contribution is -2.50. The van der Waals surface area contributed by atoms with Crippen LogP contribution in [0.3, 0.4) is 0 Å². The zero-order valence-electron chi connectivity index (χ0n) is 13.3. The second kappa shape index (κ2) is 8.04. The topological polar surface area (TPSA) is 35.7 Å². The summed E-state index contributed by atoms with van der Waals surface area (Å²) in [7, 11) is 4.27. The number of likely N-dealkylation sites (N-methyl/N-ethyl adjacent to an activating group) is 1. The Morgan fingerprint density at radius 1 is 1.33 bits per heavy atom. The van der Waals surface area contributed by atoms with Crippen LogP contribution in [0.15, 0.2) is 10.5 Å². The lowest BCUT2D eigenvalue weighted by atomic mass is 10.1. The van der Waals surface area contributed by atoms with Crippen LogP contribution in [0.1, 0.15) is 15.8 Å². The molecule has 1 saturated heterocycles. The van der Waals surface area contributed by atoms with Crippen LogP contribution in [0, 0.1) is 6.92 Å². The monoisotopic (exact) mass is 374 g/mol. The first-order chi connectivity index (χ1) is 10.0. The number of hydrogen-bond acceptors (Lipinski definition) is 5. The van der Waals surface area contributed by atoms with E-state index in [9.17, 15) is 0 Å². The number of rotatable bonds is 6. The summed E-state index contributed by atoms with van der Waals surface area (Å²) >= 11 is 5.49. The van der Waals surface area contributed by atoms with Crippen molar-refractivity contribution in [3.05, 3.63) is 20.3 Å². The molecule has 1 aliphatic heterocycles. The summed E-state index contributed by atoms with van der Waals surface area (Å²) < 4.78 is 1.21. The van der Waals surface area contributed by atoms with E-state index < -0.39 is 0 Å². The Kier molecular flexibility index (Phi) is 6.65. The van der Waals surface area contributed by atoms with Crippen LogP contribution < -0.4 is 5.73 Å². The standard InChI is InChI=1S/C15H27BrN4S/c1-12-13(16)10-15(21-12)14(11-17)20-8-6-19(7-9-20)5-4-18(2)3/h10,14H,4-9,11,17H2,1-3H3. The zero-order valence-corrected chi connectivity index (χ0v) is 15.7. The van der Waals surface area contributed by atoms with Gasteiger partial charge in [-0.2, -0.15) is 0 Å². The number of nitrogens with zero attached hydrogens (tertiary/aromatic N) is 3. The molecule has 1 unspecified atom stereocenters. The van der Waals surface area contributed by atoms with Gasteiger partial charge in [0.15, 0.2) is 0 Å². The second-order valence-corrected chi connectivity index (χ2v) is 8.13. The molecule has 0 amide bonds. The third-order valence-electron chi connectivity index (χ3n) is 4.14. The molecule has 120 valence electrons. The van der Waals surface area contributed by atoms with E-state index in [2.05, 4.69) is 57.7 Å². The Labute approximate surface area is 141 Å². The normalized spacial score (nSPS) is 19.3. The summed E-state index contributed by atoms with van der Waals surface area (Å²) in [6.07, 6.45) is 0. The molecule has 6 heteroatoms. The molecule has 2 rings (SSSR count). The molecule has 1 aromatic rings. The van der Waals surface area contributed by atoms with Crippen molar-refractivity contribution in [1.82, 2.24) is 14.7 Å². The summed E-state index contributed by atoms with van der Waals surface area (Å²) in [6.45, 7) is 9.68. The van der Waals surface area contributed by atoms with E-state index in [0.717, 1.165) is 39.3 Å². The van der Waals surface area contributed by atoms with Crippen molar-refractivity contribution in [2.24, 2.45) is 5.73 Å². The molecular formula is C15H27BrN4S. The van der Waals surface area contributed by atoms with E-state index in [0.29, 0.717) is 12.6 Å². The minimum absolute atomic E-state index is 0.371. The minimum Gasteiger partial charge on any atom is -0.329 e. The first-order valence-electron chi connectivity index (χ1n) is 7.58. The Morgan fingerprint density at radius 2 is 2.00 bits per heavy atom. The smallest absolute Gasteiger partial charge is 0.0565 e. The Balaban J connectivity index is 1.90. The number of piperazine rings is 1. The van der Waals surface area contributed by atoms with Gasteiger partial charge in [0.05, 0.1) is 6.04 Å². The fraction of sp³-hybridized carbons (Fsp3) is 0.733. The summed E-state index contributed by atoms with van der Waals surface area (Å²) in [6, 6.07) is 2.62. The predicted octanol–water partition coefficient (Wildman–Crippen LogP) is 2.00. The molecular weight excluding hydrogens is 348 g/mol. The molecule has 21 heavy (non-hydrogen) atoms. The summed E-state index contributed by atoms with van der Waals surface area (Å²) in [5.74, 6) is 0. The maximum Gasteiger partial charge on any atom is 0.0565 e. The van der Waals surface area contributed by atoms with Gasteiger partial charge >= 0.3 is 0 Å². The van der Waals surface area contributed by atoms with Crippen molar-refractivity contribution in [2.45, 2.75) is 13.0 Å². The first-order valence-corrected chi connectivity index (χ1v) is 9.19. The van der Waals surface area contributed by atoms with Gasteiger partial charge < -0.3 is 10.6 Å². The van der Waals surface area contributed by atoms with E-state index in [1.54, 1.807) is 0 Å². The number of aryl methyl sites for hydroxylation is 1. The van der Waals surface area contributed by atoms with Gasteiger partial charge in [0, 0.05) is 60.0 Å². The molecule has 1 aromatic heterocycles. The molecule has 4 nitrogen and oxygen atoms in total. The van der Waals surface area contributed by atoms with Crippen LogP contribution in [-0.2, 0) is 0 Å². The Bertz CT molecular complexity index is 421. The van der Waals surface area contributed by atoms with Gasteiger partial charge in [-0.15, -0.1) is 11.3 Å². The van der Waals surface area contributed by atoms with Crippen molar-refractivity contribution >= 4 is 27.3 Å². The molecule has 0 radical (unpaired) electrons. The van der Waals surface area contributed by atoms with Gasteiger partial charge in [-0.25, -0.2) is 0 Å². The average molecular weight is 375 g/mol. The van der Waals surface area contributed by atoms with Crippen molar-refractivity contribution in [3.8, 4) is 0 Å². The SMILES string of the molecule is Cc1sc(C(CN)N2CCN(CCN(C)C)CC2)cc1Br. The highest BCUT2D eigenvalue weighted by molar-refractivity contribution is 9.10. The molecule has 0 spiro atoms. The third-order valence-corrected chi connectivity index (χ3v) is 6.38. The molecule has 2 N–H and O–H groups in total. The van der Waals surface area contributed by atoms with E-state index in [1.807, 2.05) is 11.3 Å². The molecule has 2 heterocycles. The maximum absolute atomic E-state index is 6.06. The van der Waals surface area contributed by atoms with Crippen molar-refractivity contribution < 1.29 is 0 Å². The first kappa shape index (κ1) is 17.4. The van der Waals surface area contributed by atoms with Crippen LogP contribution in [0.4, 0.5) is 0 Å². The highest BCUT2D eigenvalue weighted by Gasteiger charge is 2.25. The number of hydrogen-bond donors (Lipinski definition) is 1. The average Bonchev–Trinajstić information content (AvgIpc) is 2.78. The largest absolute Gasteiger partial charge is 0.329 e. The molecule has 0 saturated carbocycles. The van der Waals surface area contributed by atoms with Gasteiger partial charge in [0.2, 0.25) is 0 Å². The summed E-state index contributed by atoms with van der Waals surface area (Å²) in [5, 5.41) is 0. The van der Waals surface area contributed by atoms with Gasteiger partial charge in [-0.05, 0) is 43.0 Å². The van der Waals surface area contributed by atoms with Crippen molar-refractivity contribution in [3.63, 3.8) is 0 Å². The van der Waals surface area contributed by atoms with Crippen molar-refractivity contribution in [1.29, 1.82) is 0 Å². The number of nitrogens with two attached hydrogens (primary N) is 1. The fourth-order valence-corrected chi connectivity index (χ4v) is 4.44. The van der Waals surface area contributed by atoms with E-state index >= 15 is 0 Å². The van der Waals surface area contributed by atoms with Crippen LogP contribution in [0.25, 0.3) is 0 Å². The predicted molar refractivity (Wildman–Crippen MR) is 95.1 cm³/mol.